The van der Waals surface area contributed by atoms with Gasteiger partial charge in [0.1, 0.15) is 0 Å². The lowest BCUT2D eigenvalue weighted by molar-refractivity contribution is -0.0977. The van der Waals surface area contributed by atoms with Crippen molar-refractivity contribution in [3.05, 3.63) is 18.0 Å². The van der Waals surface area contributed by atoms with Gasteiger partial charge in [-0.3, -0.25) is 16.0 Å². The molecule has 21 heavy (non-hydrogen) atoms. The van der Waals surface area contributed by atoms with E-state index in [0.717, 1.165) is 38.2 Å². The van der Waals surface area contributed by atoms with E-state index in [1.54, 1.807) is 0 Å². The summed E-state index contributed by atoms with van der Waals surface area (Å²) in [6.07, 6.45) is 10.6. The lowest BCUT2D eigenvalue weighted by Crippen LogP contribution is -2.56. The number of rotatable bonds is 7. The molecule has 1 aliphatic carbocycles. The van der Waals surface area contributed by atoms with Crippen molar-refractivity contribution in [2.45, 2.75) is 64.0 Å². The van der Waals surface area contributed by atoms with E-state index in [9.17, 15) is 0 Å². The number of nitrogens with one attached hydrogen (secondary N) is 1. The van der Waals surface area contributed by atoms with Crippen molar-refractivity contribution < 1.29 is 4.74 Å². The molecule has 1 aliphatic rings. The van der Waals surface area contributed by atoms with E-state index < -0.39 is 0 Å². The Morgan fingerprint density at radius 3 is 2.76 bits per heavy atom. The molecular weight excluding hydrogens is 264 g/mol. The lowest BCUT2D eigenvalue weighted by atomic mass is 9.74. The SMILES string of the molecule is CCOC1(C(CCc2cnn(C)c2)NN)CCC(C)CC1. The second-order valence-electron chi connectivity index (χ2n) is 6.46. The van der Waals surface area contributed by atoms with Gasteiger partial charge in [-0.15, -0.1) is 0 Å². The second kappa shape index (κ2) is 7.38. The molecule has 1 heterocycles. The first kappa shape index (κ1) is 16.5. The zero-order valence-corrected chi connectivity index (χ0v) is 13.6. The molecule has 2 rings (SSSR count). The zero-order chi connectivity index (χ0) is 15.3. The molecule has 0 aliphatic heterocycles. The Balaban J connectivity index is 2.01. The molecule has 120 valence electrons. The molecule has 0 aromatic carbocycles. The standard InChI is InChI=1S/C16H30N4O/c1-4-21-16(9-7-13(2)8-10-16)15(19-17)6-5-14-11-18-20(3)12-14/h11-13,15,19H,4-10,17H2,1-3H3. The number of nitrogens with zero attached hydrogens (tertiary/aromatic N) is 2. The quantitative estimate of drug-likeness (QED) is 0.597. The van der Waals surface area contributed by atoms with Crippen molar-refractivity contribution in [1.29, 1.82) is 0 Å². The molecule has 0 amide bonds. The Kier molecular flexibility index (Phi) is 5.79. The lowest BCUT2D eigenvalue weighted by Gasteiger charge is -2.44. The normalized spacial score (nSPS) is 27.7. The van der Waals surface area contributed by atoms with Crippen LogP contribution in [-0.2, 0) is 18.2 Å². The summed E-state index contributed by atoms with van der Waals surface area (Å²) in [5.41, 5.74) is 4.20. The van der Waals surface area contributed by atoms with E-state index >= 15 is 0 Å². The number of ether oxygens (including phenoxy) is 1. The largest absolute Gasteiger partial charge is 0.374 e. The zero-order valence-electron chi connectivity index (χ0n) is 13.6. The van der Waals surface area contributed by atoms with Gasteiger partial charge in [0.2, 0.25) is 0 Å². The van der Waals surface area contributed by atoms with Crippen LogP contribution in [-0.4, -0.2) is 28.0 Å². The molecule has 0 saturated heterocycles. The molecule has 1 atom stereocenters. The summed E-state index contributed by atoms with van der Waals surface area (Å²) < 4.78 is 8.05. The summed E-state index contributed by atoms with van der Waals surface area (Å²) in [6, 6.07) is 0.199. The third-order valence-corrected chi connectivity index (χ3v) is 4.87. The molecule has 5 heteroatoms. The van der Waals surface area contributed by atoms with Crippen LogP contribution in [0.1, 0.15) is 51.5 Å². The number of hydrazine groups is 1. The van der Waals surface area contributed by atoms with Gasteiger partial charge in [0.25, 0.3) is 0 Å². The fourth-order valence-electron chi connectivity index (χ4n) is 3.54. The number of nitrogens with two attached hydrogens (primary N) is 1. The van der Waals surface area contributed by atoms with Gasteiger partial charge in [-0.25, -0.2) is 0 Å². The Bertz CT molecular complexity index is 424. The fraction of sp³-hybridized carbons (Fsp3) is 0.812. The van der Waals surface area contributed by atoms with Gasteiger partial charge in [0, 0.05) is 19.9 Å². The predicted molar refractivity (Wildman–Crippen MR) is 84.6 cm³/mol. The van der Waals surface area contributed by atoms with Gasteiger partial charge < -0.3 is 4.74 Å². The molecule has 0 radical (unpaired) electrons. The van der Waals surface area contributed by atoms with Crippen LogP contribution in [0.2, 0.25) is 0 Å². The summed E-state index contributed by atoms with van der Waals surface area (Å²) in [6.45, 7) is 5.16. The van der Waals surface area contributed by atoms with Crippen molar-refractivity contribution in [3.63, 3.8) is 0 Å². The molecule has 0 spiro atoms. The Morgan fingerprint density at radius 1 is 1.52 bits per heavy atom. The first-order valence-corrected chi connectivity index (χ1v) is 8.17. The van der Waals surface area contributed by atoms with E-state index in [1.165, 1.54) is 18.4 Å². The highest BCUT2D eigenvalue weighted by Gasteiger charge is 2.41. The molecule has 3 N–H and O–H groups in total. The van der Waals surface area contributed by atoms with Crippen molar-refractivity contribution in [2.24, 2.45) is 18.8 Å². The van der Waals surface area contributed by atoms with Gasteiger partial charge in [0.15, 0.2) is 0 Å². The molecule has 1 aromatic rings. The molecule has 1 fully saturated rings. The first-order chi connectivity index (χ1) is 10.1. The minimum atomic E-state index is -0.0990. The van der Waals surface area contributed by atoms with E-state index in [4.69, 9.17) is 10.6 Å². The summed E-state index contributed by atoms with van der Waals surface area (Å²) in [5.74, 6) is 6.67. The van der Waals surface area contributed by atoms with Crippen LogP contribution < -0.4 is 11.3 Å². The van der Waals surface area contributed by atoms with Crippen LogP contribution in [0.3, 0.4) is 0 Å². The number of hydrogen-bond donors (Lipinski definition) is 2. The smallest absolute Gasteiger partial charge is 0.0848 e. The van der Waals surface area contributed by atoms with Crippen LogP contribution in [0.25, 0.3) is 0 Å². The van der Waals surface area contributed by atoms with Crippen molar-refractivity contribution >= 4 is 0 Å². The summed E-state index contributed by atoms with van der Waals surface area (Å²) in [4.78, 5) is 0. The highest BCUT2D eigenvalue weighted by atomic mass is 16.5. The average Bonchev–Trinajstić information content (AvgIpc) is 2.88. The molecule has 1 unspecified atom stereocenters. The van der Waals surface area contributed by atoms with Gasteiger partial charge in [0.05, 0.1) is 17.8 Å². The minimum Gasteiger partial charge on any atom is -0.374 e. The maximum absolute atomic E-state index is 6.20. The van der Waals surface area contributed by atoms with Crippen molar-refractivity contribution in [1.82, 2.24) is 15.2 Å². The summed E-state index contributed by atoms with van der Waals surface area (Å²) in [7, 11) is 1.95. The third-order valence-electron chi connectivity index (χ3n) is 4.87. The van der Waals surface area contributed by atoms with Crippen molar-refractivity contribution in [2.75, 3.05) is 6.61 Å². The third kappa shape index (κ3) is 4.05. The highest BCUT2D eigenvalue weighted by Crippen LogP contribution is 2.38. The van der Waals surface area contributed by atoms with E-state index in [-0.39, 0.29) is 11.6 Å². The van der Waals surface area contributed by atoms with Crippen LogP contribution >= 0.6 is 0 Å². The van der Waals surface area contributed by atoms with Gasteiger partial charge in [-0.05, 0) is 56.9 Å². The van der Waals surface area contributed by atoms with Gasteiger partial charge >= 0.3 is 0 Å². The van der Waals surface area contributed by atoms with E-state index in [2.05, 4.69) is 30.6 Å². The molecule has 0 bridgehead atoms. The maximum atomic E-state index is 6.20. The molecule has 1 aromatic heterocycles. The van der Waals surface area contributed by atoms with Gasteiger partial charge in [-0.1, -0.05) is 6.92 Å². The number of aryl methyl sites for hydroxylation is 2. The van der Waals surface area contributed by atoms with Crippen molar-refractivity contribution in [3.8, 4) is 0 Å². The topological polar surface area (TPSA) is 65.1 Å². The van der Waals surface area contributed by atoms with E-state index in [1.807, 2.05) is 17.9 Å². The fourth-order valence-corrected chi connectivity index (χ4v) is 3.54. The second-order valence-corrected chi connectivity index (χ2v) is 6.46. The van der Waals surface area contributed by atoms with Gasteiger partial charge in [-0.2, -0.15) is 5.10 Å². The predicted octanol–water partition coefficient (Wildman–Crippen LogP) is 2.17. The Labute approximate surface area is 128 Å². The first-order valence-electron chi connectivity index (χ1n) is 8.17. The van der Waals surface area contributed by atoms with Crippen LogP contribution in [0.5, 0.6) is 0 Å². The summed E-state index contributed by atoms with van der Waals surface area (Å²) >= 11 is 0. The maximum Gasteiger partial charge on any atom is 0.0848 e. The average molecular weight is 294 g/mol. The molecular formula is C16H30N4O. The Morgan fingerprint density at radius 2 is 2.24 bits per heavy atom. The summed E-state index contributed by atoms with van der Waals surface area (Å²) in [5, 5.41) is 4.23. The molecule has 5 nitrogen and oxygen atoms in total. The monoisotopic (exact) mass is 294 g/mol. The van der Waals surface area contributed by atoms with Crippen LogP contribution in [0, 0.1) is 5.92 Å². The Hall–Kier alpha value is -0.910. The highest BCUT2D eigenvalue weighted by molar-refractivity contribution is 5.06. The van der Waals surface area contributed by atoms with E-state index in [0.29, 0.717) is 0 Å². The molecule has 1 saturated carbocycles. The van der Waals surface area contributed by atoms with Crippen LogP contribution in [0.15, 0.2) is 12.4 Å². The van der Waals surface area contributed by atoms with Crippen LogP contribution in [0.4, 0.5) is 0 Å². The number of hydrogen-bond acceptors (Lipinski definition) is 4. The minimum absolute atomic E-state index is 0.0990. The number of aromatic nitrogens is 2.